The van der Waals surface area contributed by atoms with E-state index in [-0.39, 0.29) is 23.1 Å². The molecule has 0 unspecified atom stereocenters. The Balaban J connectivity index is 2.59. The SMILES string of the molecule is CCOC(=O)CCN(C)S(=O)(=O)c1cccs1. The number of sulfonamides is 1. The van der Waals surface area contributed by atoms with Gasteiger partial charge in [-0.15, -0.1) is 11.3 Å². The molecule has 0 aliphatic rings. The van der Waals surface area contributed by atoms with Crippen molar-refractivity contribution in [3.63, 3.8) is 0 Å². The first kappa shape index (κ1) is 14.1. The van der Waals surface area contributed by atoms with Crippen LogP contribution in [0.4, 0.5) is 0 Å². The van der Waals surface area contributed by atoms with E-state index in [1.54, 1.807) is 24.4 Å². The summed E-state index contributed by atoms with van der Waals surface area (Å²) in [5.41, 5.74) is 0. The van der Waals surface area contributed by atoms with Gasteiger partial charge in [0.25, 0.3) is 10.0 Å². The zero-order valence-corrected chi connectivity index (χ0v) is 11.4. The van der Waals surface area contributed by atoms with Crippen LogP contribution in [0.2, 0.25) is 0 Å². The maximum absolute atomic E-state index is 11.9. The van der Waals surface area contributed by atoms with E-state index in [0.717, 1.165) is 15.6 Å². The second-order valence-corrected chi connectivity index (χ2v) is 6.53. The summed E-state index contributed by atoms with van der Waals surface area (Å²) in [7, 11) is -2.01. The summed E-state index contributed by atoms with van der Waals surface area (Å²) < 4.78 is 30.1. The van der Waals surface area contributed by atoms with Gasteiger partial charge >= 0.3 is 5.97 Å². The fraction of sp³-hybridized carbons (Fsp3) is 0.500. The molecule has 0 atom stereocenters. The number of rotatable bonds is 6. The largest absolute Gasteiger partial charge is 0.466 e. The van der Waals surface area contributed by atoms with Crippen LogP contribution in [0.5, 0.6) is 0 Å². The zero-order valence-electron chi connectivity index (χ0n) is 9.75. The molecule has 7 heteroatoms. The van der Waals surface area contributed by atoms with E-state index in [0.29, 0.717) is 6.61 Å². The summed E-state index contributed by atoms with van der Waals surface area (Å²) in [6.07, 6.45) is 0.0644. The van der Waals surface area contributed by atoms with Crippen LogP contribution in [-0.2, 0) is 19.6 Å². The van der Waals surface area contributed by atoms with Crippen LogP contribution >= 0.6 is 11.3 Å². The van der Waals surface area contributed by atoms with E-state index in [1.165, 1.54) is 7.05 Å². The molecule has 1 rings (SSSR count). The molecule has 1 aromatic heterocycles. The molecular weight excluding hydrogens is 262 g/mol. The van der Waals surface area contributed by atoms with Crippen molar-refractivity contribution in [2.24, 2.45) is 0 Å². The summed E-state index contributed by atoms with van der Waals surface area (Å²) in [6.45, 7) is 2.14. The first-order valence-corrected chi connectivity index (χ1v) is 7.46. The van der Waals surface area contributed by atoms with Gasteiger partial charge in [-0.3, -0.25) is 4.79 Å². The molecule has 17 heavy (non-hydrogen) atoms. The predicted octanol–water partition coefficient (Wildman–Crippen LogP) is 1.32. The van der Waals surface area contributed by atoms with Crippen LogP contribution in [-0.4, -0.2) is 38.9 Å². The minimum atomic E-state index is -3.46. The van der Waals surface area contributed by atoms with E-state index >= 15 is 0 Å². The third kappa shape index (κ3) is 3.79. The van der Waals surface area contributed by atoms with Gasteiger partial charge in [-0.2, -0.15) is 4.31 Å². The molecule has 5 nitrogen and oxygen atoms in total. The molecule has 1 heterocycles. The lowest BCUT2D eigenvalue weighted by molar-refractivity contribution is -0.143. The topological polar surface area (TPSA) is 63.7 Å². The van der Waals surface area contributed by atoms with Crippen LogP contribution in [0.1, 0.15) is 13.3 Å². The van der Waals surface area contributed by atoms with Gasteiger partial charge in [-0.25, -0.2) is 8.42 Å². The Morgan fingerprint density at radius 3 is 2.76 bits per heavy atom. The molecule has 0 aliphatic heterocycles. The molecule has 0 amide bonds. The summed E-state index contributed by atoms with van der Waals surface area (Å²) in [4.78, 5) is 11.1. The highest BCUT2D eigenvalue weighted by molar-refractivity contribution is 7.91. The quantitative estimate of drug-likeness (QED) is 0.736. The molecule has 0 bridgehead atoms. The van der Waals surface area contributed by atoms with Crippen molar-refractivity contribution in [2.75, 3.05) is 20.2 Å². The highest BCUT2D eigenvalue weighted by atomic mass is 32.2. The van der Waals surface area contributed by atoms with Gasteiger partial charge in [0.15, 0.2) is 0 Å². The summed E-state index contributed by atoms with van der Waals surface area (Å²) >= 11 is 1.16. The Morgan fingerprint density at radius 2 is 2.24 bits per heavy atom. The lowest BCUT2D eigenvalue weighted by Crippen LogP contribution is -2.29. The highest BCUT2D eigenvalue weighted by Gasteiger charge is 2.22. The molecular formula is C10H15NO4S2. The van der Waals surface area contributed by atoms with Gasteiger partial charge in [0.2, 0.25) is 0 Å². The van der Waals surface area contributed by atoms with Gasteiger partial charge in [0.1, 0.15) is 4.21 Å². The third-order valence-electron chi connectivity index (χ3n) is 2.10. The monoisotopic (exact) mass is 277 g/mol. The average Bonchev–Trinajstić information content (AvgIpc) is 2.80. The van der Waals surface area contributed by atoms with Crippen molar-refractivity contribution in [3.8, 4) is 0 Å². The van der Waals surface area contributed by atoms with Crippen molar-refractivity contribution in [1.29, 1.82) is 0 Å². The second-order valence-electron chi connectivity index (χ2n) is 3.31. The minimum absolute atomic E-state index is 0.0644. The van der Waals surface area contributed by atoms with Crippen molar-refractivity contribution >= 4 is 27.3 Å². The highest BCUT2D eigenvalue weighted by Crippen LogP contribution is 2.19. The normalized spacial score (nSPS) is 11.7. The van der Waals surface area contributed by atoms with Gasteiger partial charge in [0.05, 0.1) is 13.0 Å². The number of hydrogen-bond donors (Lipinski definition) is 0. The summed E-state index contributed by atoms with van der Waals surface area (Å²) in [6, 6.07) is 3.22. The van der Waals surface area contributed by atoms with Crippen LogP contribution in [0.15, 0.2) is 21.7 Å². The standard InChI is InChI=1S/C10H15NO4S2/c1-3-15-9(12)6-7-11(2)17(13,14)10-5-4-8-16-10/h4-5,8H,3,6-7H2,1-2H3. The van der Waals surface area contributed by atoms with E-state index in [2.05, 4.69) is 0 Å². The Labute approximate surface area is 105 Å². The van der Waals surface area contributed by atoms with E-state index < -0.39 is 10.0 Å². The minimum Gasteiger partial charge on any atom is -0.466 e. The van der Waals surface area contributed by atoms with Crippen molar-refractivity contribution in [1.82, 2.24) is 4.31 Å². The first-order chi connectivity index (χ1) is 7.98. The third-order valence-corrected chi connectivity index (χ3v) is 5.33. The molecule has 0 aliphatic carbocycles. The fourth-order valence-electron chi connectivity index (χ4n) is 1.17. The number of carbonyl (C=O) groups is 1. The molecule has 0 saturated heterocycles. The number of nitrogens with zero attached hydrogens (tertiary/aromatic N) is 1. The van der Waals surface area contributed by atoms with E-state index in [9.17, 15) is 13.2 Å². The smallest absolute Gasteiger partial charge is 0.307 e. The molecule has 0 fully saturated rings. The lowest BCUT2D eigenvalue weighted by atomic mass is 10.4. The van der Waals surface area contributed by atoms with Crippen molar-refractivity contribution in [2.45, 2.75) is 17.6 Å². The second kappa shape index (κ2) is 6.13. The van der Waals surface area contributed by atoms with Crippen LogP contribution in [0.25, 0.3) is 0 Å². The van der Waals surface area contributed by atoms with Crippen LogP contribution in [0.3, 0.4) is 0 Å². The number of ether oxygens (including phenoxy) is 1. The summed E-state index contributed by atoms with van der Waals surface area (Å²) in [5, 5.41) is 1.70. The van der Waals surface area contributed by atoms with Gasteiger partial charge in [-0.05, 0) is 18.4 Å². The van der Waals surface area contributed by atoms with Gasteiger partial charge < -0.3 is 4.74 Å². The van der Waals surface area contributed by atoms with Crippen molar-refractivity contribution < 1.29 is 17.9 Å². The average molecular weight is 277 g/mol. The van der Waals surface area contributed by atoms with Crippen molar-refractivity contribution in [3.05, 3.63) is 17.5 Å². The lowest BCUT2D eigenvalue weighted by Gasteiger charge is -2.15. The van der Waals surface area contributed by atoms with Gasteiger partial charge in [-0.1, -0.05) is 6.07 Å². The number of esters is 1. The maximum Gasteiger partial charge on any atom is 0.307 e. The maximum atomic E-state index is 11.9. The Morgan fingerprint density at radius 1 is 1.53 bits per heavy atom. The predicted molar refractivity (Wildman–Crippen MR) is 65.4 cm³/mol. The Hall–Kier alpha value is -0.920. The molecule has 0 N–H and O–H groups in total. The molecule has 0 spiro atoms. The fourth-order valence-corrected chi connectivity index (χ4v) is 3.54. The van der Waals surface area contributed by atoms with Crippen LogP contribution < -0.4 is 0 Å². The first-order valence-electron chi connectivity index (χ1n) is 5.14. The molecule has 0 saturated carbocycles. The number of carbonyl (C=O) groups excluding carboxylic acids is 1. The molecule has 96 valence electrons. The number of hydrogen-bond acceptors (Lipinski definition) is 5. The van der Waals surface area contributed by atoms with Crippen LogP contribution in [0, 0.1) is 0 Å². The zero-order chi connectivity index (χ0) is 12.9. The molecule has 0 aromatic carbocycles. The number of thiophene rings is 1. The summed E-state index contributed by atoms with van der Waals surface area (Å²) in [5.74, 6) is -0.388. The Bertz CT molecular complexity index is 453. The van der Waals surface area contributed by atoms with Gasteiger partial charge in [0, 0.05) is 13.6 Å². The van der Waals surface area contributed by atoms with E-state index in [4.69, 9.17) is 4.74 Å². The molecule has 0 radical (unpaired) electrons. The molecule has 1 aromatic rings. The van der Waals surface area contributed by atoms with E-state index in [1.807, 2.05) is 0 Å². The Kier molecular flexibility index (Phi) is 5.10.